The molecule has 2 amide bonds. The van der Waals surface area contributed by atoms with E-state index in [0.717, 1.165) is 19.3 Å². The fraction of sp³-hybridized carbons (Fsp3) is 0.714. The number of carbonyl (C=O) groups is 2. The second kappa shape index (κ2) is 8.63. The van der Waals surface area contributed by atoms with Crippen molar-refractivity contribution in [2.75, 3.05) is 26.2 Å². The van der Waals surface area contributed by atoms with Crippen LogP contribution in [-0.4, -0.2) is 63.5 Å². The van der Waals surface area contributed by atoms with Gasteiger partial charge >= 0.3 is 12.3 Å². The molecule has 172 valence electrons. The number of hydrogen-bond donors (Lipinski definition) is 0. The zero-order valence-electron chi connectivity index (χ0n) is 18.3. The summed E-state index contributed by atoms with van der Waals surface area (Å²) in [6.45, 7) is 9.11. The van der Waals surface area contributed by atoms with Crippen molar-refractivity contribution in [1.82, 2.24) is 19.8 Å². The summed E-state index contributed by atoms with van der Waals surface area (Å²) in [4.78, 5) is 35.1. The maximum Gasteiger partial charge on any atom is 0.451 e. The molecule has 2 saturated heterocycles. The van der Waals surface area contributed by atoms with Crippen molar-refractivity contribution < 1.29 is 27.5 Å². The molecule has 3 rings (SSSR count). The summed E-state index contributed by atoms with van der Waals surface area (Å²) in [5, 5.41) is 0. The Labute approximate surface area is 180 Å². The Kier molecular flexibility index (Phi) is 6.48. The Morgan fingerprint density at radius 1 is 1.00 bits per heavy atom. The van der Waals surface area contributed by atoms with Gasteiger partial charge in [0.05, 0.1) is 0 Å². The normalized spacial score (nSPS) is 20.8. The van der Waals surface area contributed by atoms with Crippen LogP contribution in [0.5, 0.6) is 0 Å². The zero-order chi connectivity index (χ0) is 23.0. The van der Waals surface area contributed by atoms with Crippen LogP contribution in [0.1, 0.15) is 62.0 Å². The van der Waals surface area contributed by atoms with Gasteiger partial charge in [0.2, 0.25) is 5.82 Å². The maximum atomic E-state index is 13.0. The number of amides is 2. The molecule has 0 saturated carbocycles. The second-order valence-corrected chi connectivity index (χ2v) is 9.32. The highest BCUT2D eigenvalue weighted by Crippen LogP contribution is 2.33. The number of rotatable bonds is 2. The Hall–Kier alpha value is -2.39. The third-order valence-corrected chi connectivity index (χ3v) is 5.70. The van der Waals surface area contributed by atoms with Gasteiger partial charge in [-0.15, -0.1) is 0 Å². The molecule has 3 heterocycles. The smallest absolute Gasteiger partial charge is 0.444 e. The standard InChI is InChI=1S/C21H29F3N4O3/c1-13-11-16(26-18(25-13)21(22,23)24)17(29)27-8-5-14(6-9-27)15-7-10-28(12-15)19(30)31-20(2,3)4/h11,14-15H,5-10,12H2,1-4H3/t15-/m1/s1. The summed E-state index contributed by atoms with van der Waals surface area (Å²) in [7, 11) is 0. The van der Waals surface area contributed by atoms with Crippen LogP contribution >= 0.6 is 0 Å². The van der Waals surface area contributed by atoms with Gasteiger partial charge in [-0.2, -0.15) is 13.2 Å². The van der Waals surface area contributed by atoms with Gasteiger partial charge in [0.25, 0.3) is 5.91 Å². The van der Waals surface area contributed by atoms with E-state index >= 15 is 0 Å². The highest BCUT2D eigenvalue weighted by Gasteiger charge is 2.38. The predicted octanol–water partition coefficient (Wildman–Crippen LogP) is 3.91. The number of aromatic nitrogens is 2. The van der Waals surface area contributed by atoms with Gasteiger partial charge in [-0.05, 0) is 64.9 Å². The summed E-state index contributed by atoms with van der Waals surface area (Å²) in [6.07, 6.45) is -2.62. The highest BCUT2D eigenvalue weighted by molar-refractivity contribution is 5.92. The van der Waals surface area contributed by atoms with E-state index in [1.165, 1.54) is 13.0 Å². The minimum atomic E-state index is -4.70. The van der Waals surface area contributed by atoms with Crippen LogP contribution in [0.2, 0.25) is 0 Å². The molecule has 7 nitrogen and oxygen atoms in total. The van der Waals surface area contributed by atoms with Gasteiger partial charge in [-0.3, -0.25) is 4.79 Å². The van der Waals surface area contributed by atoms with Gasteiger partial charge in [0.15, 0.2) is 0 Å². The van der Waals surface area contributed by atoms with Crippen molar-refractivity contribution in [1.29, 1.82) is 0 Å². The molecule has 0 spiro atoms. The first-order chi connectivity index (χ1) is 14.3. The summed E-state index contributed by atoms with van der Waals surface area (Å²) in [5.41, 5.74) is -0.657. The van der Waals surface area contributed by atoms with Crippen molar-refractivity contribution in [2.24, 2.45) is 11.8 Å². The van der Waals surface area contributed by atoms with Crippen LogP contribution in [0.4, 0.5) is 18.0 Å². The van der Waals surface area contributed by atoms with E-state index in [1.54, 1.807) is 9.80 Å². The van der Waals surface area contributed by atoms with E-state index in [0.29, 0.717) is 38.0 Å². The SMILES string of the molecule is Cc1cc(C(=O)N2CCC([C@@H]3CCN(C(=O)OC(C)(C)C)C3)CC2)nc(C(F)(F)F)n1. The third-order valence-electron chi connectivity index (χ3n) is 5.70. The number of halogens is 3. The minimum absolute atomic E-state index is 0.105. The number of carbonyl (C=O) groups excluding carboxylic acids is 2. The lowest BCUT2D eigenvalue weighted by Gasteiger charge is -2.34. The first-order valence-corrected chi connectivity index (χ1v) is 10.5. The van der Waals surface area contributed by atoms with E-state index < -0.39 is 23.5 Å². The lowest BCUT2D eigenvalue weighted by Crippen LogP contribution is -2.41. The minimum Gasteiger partial charge on any atom is -0.444 e. The molecular formula is C21H29F3N4O3. The molecule has 0 radical (unpaired) electrons. The molecule has 1 aromatic heterocycles. The fourth-order valence-corrected chi connectivity index (χ4v) is 4.21. The number of piperidine rings is 1. The Morgan fingerprint density at radius 2 is 1.58 bits per heavy atom. The van der Waals surface area contributed by atoms with Crippen LogP contribution in [0.3, 0.4) is 0 Å². The molecule has 0 aromatic carbocycles. The van der Waals surface area contributed by atoms with Gasteiger partial charge in [-0.1, -0.05) is 0 Å². The molecule has 2 aliphatic heterocycles. The lowest BCUT2D eigenvalue weighted by molar-refractivity contribution is -0.145. The van der Waals surface area contributed by atoms with Gasteiger partial charge in [0.1, 0.15) is 11.3 Å². The van der Waals surface area contributed by atoms with Gasteiger partial charge < -0.3 is 14.5 Å². The number of alkyl halides is 3. The van der Waals surface area contributed by atoms with Crippen LogP contribution in [0, 0.1) is 18.8 Å². The topological polar surface area (TPSA) is 75.6 Å². The van der Waals surface area contributed by atoms with Crippen molar-refractivity contribution in [3.05, 3.63) is 23.3 Å². The zero-order valence-corrected chi connectivity index (χ0v) is 18.3. The average molecular weight is 442 g/mol. The predicted molar refractivity (Wildman–Crippen MR) is 106 cm³/mol. The molecule has 2 fully saturated rings. The summed E-state index contributed by atoms with van der Waals surface area (Å²) >= 11 is 0. The molecule has 10 heteroatoms. The van der Waals surface area contributed by atoms with Crippen molar-refractivity contribution in [3.63, 3.8) is 0 Å². The molecule has 0 N–H and O–H groups in total. The number of nitrogens with zero attached hydrogens (tertiary/aromatic N) is 4. The average Bonchev–Trinajstić information content (AvgIpc) is 3.15. The van der Waals surface area contributed by atoms with Crippen molar-refractivity contribution in [3.8, 4) is 0 Å². The molecule has 1 atom stereocenters. The molecule has 0 unspecified atom stereocenters. The van der Waals surface area contributed by atoms with Crippen molar-refractivity contribution >= 4 is 12.0 Å². The summed E-state index contributed by atoms with van der Waals surface area (Å²) in [5.74, 6) is -1.10. The number of ether oxygens (including phenoxy) is 1. The number of hydrogen-bond acceptors (Lipinski definition) is 5. The van der Waals surface area contributed by atoms with E-state index in [1.807, 2.05) is 20.8 Å². The van der Waals surface area contributed by atoms with Crippen LogP contribution < -0.4 is 0 Å². The summed E-state index contributed by atoms with van der Waals surface area (Å²) < 4.78 is 44.3. The van der Waals surface area contributed by atoms with E-state index in [2.05, 4.69) is 9.97 Å². The first-order valence-electron chi connectivity index (χ1n) is 10.5. The van der Waals surface area contributed by atoms with Crippen LogP contribution in [0.25, 0.3) is 0 Å². The molecule has 0 bridgehead atoms. The molecule has 0 aliphatic carbocycles. The first kappa shape index (κ1) is 23.3. The number of aryl methyl sites for hydroxylation is 1. The number of likely N-dealkylation sites (tertiary alicyclic amines) is 2. The van der Waals surface area contributed by atoms with E-state index in [4.69, 9.17) is 4.74 Å². The third kappa shape index (κ3) is 5.86. The van der Waals surface area contributed by atoms with Crippen molar-refractivity contribution in [2.45, 2.75) is 58.7 Å². The Morgan fingerprint density at radius 3 is 2.16 bits per heavy atom. The molecular weight excluding hydrogens is 413 g/mol. The quantitative estimate of drug-likeness (QED) is 0.694. The van der Waals surface area contributed by atoms with E-state index in [9.17, 15) is 22.8 Å². The monoisotopic (exact) mass is 442 g/mol. The highest BCUT2D eigenvalue weighted by atomic mass is 19.4. The van der Waals surface area contributed by atoms with Gasteiger partial charge in [-0.25, -0.2) is 14.8 Å². The second-order valence-electron chi connectivity index (χ2n) is 9.32. The van der Waals surface area contributed by atoms with Crippen LogP contribution in [0.15, 0.2) is 6.07 Å². The van der Waals surface area contributed by atoms with Gasteiger partial charge in [0, 0.05) is 31.9 Å². The fourth-order valence-electron chi connectivity index (χ4n) is 4.21. The molecule has 1 aromatic rings. The van der Waals surface area contributed by atoms with Crippen LogP contribution in [-0.2, 0) is 10.9 Å². The molecule has 2 aliphatic rings. The lowest BCUT2D eigenvalue weighted by atomic mass is 9.83. The van der Waals surface area contributed by atoms with E-state index in [-0.39, 0.29) is 17.5 Å². The Bertz CT molecular complexity index is 830. The largest absolute Gasteiger partial charge is 0.451 e. The Balaban J connectivity index is 1.56. The maximum absolute atomic E-state index is 13.0. The molecule has 31 heavy (non-hydrogen) atoms. The summed E-state index contributed by atoms with van der Waals surface area (Å²) in [6, 6.07) is 1.29.